The molecule has 0 bridgehead atoms. The van der Waals surface area contributed by atoms with Crippen LogP contribution in [-0.2, 0) is 16.1 Å². The van der Waals surface area contributed by atoms with E-state index in [-0.39, 0.29) is 12.0 Å². The summed E-state index contributed by atoms with van der Waals surface area (Å²) in [5.74, 6) is -0.978. The van der Waals surface area contributed by atoms with Crippen LogP contribution in [0.25, 0.3) is 11.2 Å². The van der Waals surface area contributed by atoms with Crippen LogP contribution in [0.5, 0.6) is 0 Å². The van der Waals surface area contributed by atoms with E-state index in [1.807, 2.05) is 34.9 Å². The first kappa shape index (κ1) is 17.4. The summed E-state index contributed by atoms with van der Waals surface area (Å²) < 4.78 is 7.74. The summed E-state index contributed by atoms with van der Waals surface area (Å²) in [4.78, 5) is 24.3. The summed E-state index contributed by atoms with van der Waals surface area (Å²) in [7, 11) is 0. The van der Waals surface area contributed by atoms with Crippen LogP contribution in [0.4, 0.5) is 5.82 Å². The summed E-state index contributed by atoms with van der Waals surface area (Å²) >= 11 is 0. The fourth-order valence-electron chi connectivity index (χ4n) is 3.85. The van der Waals surface area contributed by atoms with Crippen molar-refractivity contribution in [2.75, 3.05) is 12.3 Å². The van der Waals surface area contributed by atoms with Gasteiger partial charge in [0, 0.05) is 6.04 Å². The number of anilines is 1. The number of hydrogen-bond acceptors (Lipinski definition) is 6. The van der Waals surface area contributed by atoms with Gasteiger partial charge in [-0.1, -0.05) is 30.3 Å². The summed E-state index contributed by atoms with van der Waals surface area (Å²) in [6.45, 7) is 0.887. The lowest BCUT2D eigenvalue weighted by atomic mass is 9.97. The van der Waals surface area contributed by atoms with Gasteiger partial charge in [-0.2, -0.15) is 0 Å². The van der Waals surface area contributed by atoms with Crippen LogP contribution < -0.4 is 5.73 Å². The number of aromatic nitrogens is 4. The van der Waals surface area contributed by atoms with Crippen molar-refractivity contribution in [2.45, 2.75) is 25.5 Å². The van der Waals surface area contributed by atoms with Crippen LogP contribution in [0.1, 0.15) is 24.4 Å². The van der Waals surface area contributed by atoms with Crippen molar-refractivity contribution in [1.82, 2.24) is 19.5 Å². The maximum atomic E-state index is 11.8. The maximum Gasteiger partial charge on any atom is 0.306 e. The van der Waals surface area contributed by atoms with Crippen molar-refractivity contribution in [1.29, 1.82) is 0 Å². The second-order valence-corrected chi connectivity index (χ2v) is 6.91. The number of nitrogens with two attached hydrogens (primary N) is 1. The Morgan fingerprint density at radius 3 is 2.81 bits per heavy atom. The van der Waals surface area contributed by atoms with E-state index in [1.54, 1.807) is 6.33 Å². The van der Waals surface area contributed by atoms with Gasteiger partial charge in [0.25, 0.3) is 0 Å². The van der Waals surface area contributed by atoms with Gasteiger partial charge in [-0.25, -0.2) is 15.0 Å². The van der Waals surface area contributed by atoms with E-state index in [9.17, 15) is 9.90 Å². The normalized spacial score (nSPS) is 22.3. The second-order valence-electron chi connectivity index (χ2n) is 6.91. The van der Waals surface area contributed by atoms with Crippen LogP contribution in [0.15, 0.2) is 43.0 Å². The molecule has 3 aromatic rings. The van der Waals surface area contributed by atoms with Crippen LogP contribution in [0.3, 0.4) is 0 Å². The zero-order valence-corrected chi connectivity index (χ0v) is 14.7. The quantitative estimate of drug-likeness (QED) is 0.686. The van der Waals surface area contributed by atoms with Gasteiger partial charge in [0.05, 0.1) is 25.5 Å². The number of rotatable bonds is 6. The molecule has 0 aliphatic heterocycles. The number of carbonyl (C=O) groups is 1. The molecule has 3 atom stereocenters. The van der Waals surface area contributed by atoms with E-state index in [0.717, 1.165) is 5.56 Å². The molecule has 0 amide bonds. The fraction of sp³-hybridized carbons (Fsp3) is 0.368. The molecule has 1 saturated carbocycles. The molecule has 8 heteroatoms. The maximum absolute atomic E-state index is 11.8. The van der Waals surface area contributed by atoms with Gasteiger partial charge in [-0.15, -0.1) is 0 Å². The Bertz CT molecular complexity index is 943. The number of hydrogen-bond donors (Lipinski definition) is 2. The lowest BCUT2D eigenvalue weighted by Crippen LogP contribution is -2.22. The highest BCUT2D eigenvalue weighted by atomic mass is 16.5. The lowest BCUT2D eigenvalue weighted by Gasteiger charge is -2.15. The number of carboxylic acids is 1. The van der Waals surface area contributed by atoms with E-state index in [4.69, 9.17) is 10.5 Å². The summed E-state index contributed by atoms with van der Waals surface area (Å²) in [6, 6.07) is 9.86. The number of nitrogen functional groups attached to an aromatic ring is 1. The molecule has 4 rings (SSSR count). The molecule has 1 aromatic carbocycles. The molecule has 3 unspecified atom stereocenters. The fourth-order valence-corrected chi connectivity index (χ4v) is 3.85. The molecule has 3 N–H and O–H groups in total. The minimum absolute atomic E-state index is 0.00396. The summed E-state index contributed by atoms with van der Waals surface area (Å²) in [6.07, 6.45) is 4.29. The van der Waals surface area contributed by atoms with Gasteiger partial charge in [-0.05, 0) is 24.3 Å². The Hall–Kier alpha value is -3.00. The van der Waals surface area contributed by atoms with Crippen molar-refractivity contribution in [3.05, 3.63) is 48.5 Å². The Balaban J connectivity index is 1.48. The number of carboxylic acid groups (broad SMARTS) is 1. The first-order valence-electron chi connectivity index (χ1n) is 8.91. The van der Waals surface area contributed by atoms with E-state index in [1.165, 1.54) is 6.33 Å². The highest BCUT2D eigenvalue weighted by molar-refractivity contribution is 5.81. The SMILES string of the molecule is Nc1ncnc2c1ncn2C1CC(COCc2ccccc2)C(C(=O)O)C1. The predicted molar refractivity (Wildman–Crippen MR) is 98.7 cm³/mol. The number of nitrogens with zero attached hydrogens (tertiary/aromatic N) is 4. The van der Waals surface area contributed by atoms with Crippen LogP contribution >= 0.6 is 0 Å². The van der Waals surface area contributed by atoms with Crippen molar-refractivity contribution in [3.8, 4) is 0 Å². The molecule has 0 radical (unpaired) electrons. The lowest BCUT2D eigenvalue weighted by molar-refractivity contribution is -0.143. The molecule has 2 heterocycles. The summed E-state index contributed by atoms with van der Waals surface area (Å²) in [5.41, 5.74) is 8.12. The standard InChI is InChI=1S/C19H21N5O3/c20-17-16-18(22-10-21-17)24(11-23-16)14-6-13(15(7-14)19(25)26)9-27-8-12-4-2-1-3-5-12/h1-5,10-11,13-15H,6-9H2,(H,25,26)(H2,20,21,22). The first-order valence-corrected chi connectivity index (χ1v) is 8.91. The Morgan fingerprint density at radius 1 is 1.22 bits per heavy atom. The third-order valence-electron chi connectivity index (χ3n) is 5.21. The van der Waals surface area contributed by atoms with Gasteiger partial charge >= 0.3 is 5.97 Å². The molecular formula is C19H21N5O3. The van der Waals surface area contributed by atoms with Crippen LogP contribution in [0.2, 0.25) is 0 Å². The van der Waals surface area contributed by atoms with Crippen molar-refractivity contribution in [2.24, 2.45) is 11.8 Å². The average molecular weight is 367 g/mol. The third kappa shape index (κ3) is 3.48. The van der Waals surface area contributed by atoms with Crippen molar-refractivity contribution < 1.29 is 14.6 Å². The summed E-state index contributed by atoms with van der Waals surface area (Å²) in [5, 5.41) is 9.65. The topological polar surface area (TPSA) is 116 Å². The zero-order valence-electron chi connectivity index (χ0n) is 14.7. The highest BCUT2D eigenvalue weighted by Gasteiger charge is 2.40. The van der Waals surface area contributed by atoms with E-state index >= 15 is 0 Å². The molecule has 1 aliphatic rings. The largest absolute Gasteiger partial charge is 0.481 e. The predicted octanol–water partition coefficient (Wildman–Crippen LogP) is 2.28. The minimum Gasteiger partial charge on any atom is -0.481 e. The van der Waals surface area contributed by atoms with E-state index < -0.39 is 11.9 Å². The molecule has 0 saturated heterocycles. The van der Waals surface area contributed by atoms with Gasteiger partial charge < -0.3 is 20.1 Å². The number of aliphatic carboxylic acids is 1. The number of fused-ring (bicyclic) bond motifs is 1. The van der Waals surface area contributed by atoms with Crippen LogP contribution in [0, 0.1) is 11.8 Å². The zero-order chi connectivity index (χ0) is 18.8. The number of benzene rings is 1. The monoisotopic (exact) mass is 367 g/mol. The van der Waals surface area contributed by atoms with Crippen molar-refractivity contribution in [3.63, 3.8) is 0 Å². The third-order valence-corrected chi connectivity index (χ3v) is 5.21. The average Bonchev–Trinajstić information content (AvgIpc) is 3.27. The molecule has 27 heavy (non-hydrogen) atoms. The Kier molecular flexibility index (Phi) is 4.72. The molecular weight excluding hydrogens is 346 g/mol. The van der Waals surface area contributed by atoms with Gasteiger partial charge in [-0.3, -0.25) is 4.79 Å². The van der Waals surface area contributed by atoms with Gasteiger partial charge in [0.2, 0.25) is 0 Å². The Labute approximate surface area is 156 Å². The van der Waals surface area contributed by atoms with Crippen molar-refractivity contribution >= 4 is 23.0 Å². The molecule has 1 fully saturated rings. The van der Waals surface area contributed by atoms with Gasteiger partial charge in [0.1, 0.15) is 11.8 Å². The minimum atomic E-state index is -0.788. The number of imidazole rings is 1. The molecule has 8 nitrogen and oxygen atoms in total. The second kappa shape index (κ2) is 7.32. The van der Waals surface area contributed by atoms with Crippen LogP contribution in [-0.4, -0.2) is 37.2 Å². The smallest absolute Gasteiger partial charge is 0.306 e. The Morgan fingerprint density at radius 2 is 2.04 bits per heavy atom. The van der Waals surface area contributed by atoms with Gasteiger partial charge in [0.15, 0.2) is 11.5 Å². The van der Waals surface area contributed by atoms with E-state index in [2.05, 4.69) is 15.0 Å². The van der Waals surface area contributed by atoms with E-state index in [0.29, 0.717) is 43.0 Å². The molecule has 2 aromatic heterocycles. The number of ether oxygens (including phenoxy) is 1. The molecule has 0 spiro atoms. The highest BCUT2D eigenvalue weighted by Crippen LogP contribution is 2.41. The molecule has 140 valence electrons. The molecule has 1 aliphatic carbocycles. The first-order chi connectivity index (χ1) is 13.1.